The first-order valence-electron chi connectivity index (χ1n) is 15.4. The maximum absolute atomic E-state index is 14.5. The minimum absolute atomic E-state index is 0.00169. The van der Waals surface area contributed by atoms with Crippen LogP contribution in [0, 0.1) is 0 Å². The molecule has 0 spiro atoms. The Hall–Kier alpha value is -3.61. The van der Waals surface area contributed by atoms with Gasteiger partial charge in [0.25, 0.3) is 0 Å². The van der Waals surface area contributed by atoms with E-state index in [1.54, 1.807) is 80.6 Å². The molecule has 4 aromatic carbocycles. The summed E-state index contributed by atoms with van der Waals surface area (Å²) >= 11 is 8.58. The molecule has 4 aromatic rings. The lowest BCUT2D eigenvalue weighted by molar-refractivity contribution is 0.358. The van der Waals surface area contributed by atoms with Crippen molar-refractivity contribution in [3.05, 3.63) is 101 Å². The summed E-state index contributed by atoms with van der Waals surface area (Å²) < 4.78 is 52.2. The van der Waals surface area contributed by atoms with Crippen LogP contribution >= 0.6 is 23.4 Å². The molecule has 4 rings (SSSR count). The number of hydrogen-bond acceptors (Lipinski definition) is 9. The van der Waals surface area contributed by atoms with Gasteiger partial charge in [-0.15, -0.1) is 11.8 Å². The zero-order valence-corrected chi connectivity index (χ0v) is 30.6. The number of nitrogens with zero attached hydrogens (tertiary/aromatic N) is 2. The molecule has 9 nitrogen and oxygen atoms in total. The zero-order valence-electron chi connectivity index (χ0n) is 28.2. The summed E-state index contributed by atoms with van der Waals surface area (Å²) in [6, 6.07) is 26.0. The van der Waals surface area contributed by atoms with Crippen LogP contribution in [0.15, 0.2) is 94.7 Å². The molecule has 0 bridgehead atoms. The van der Waals surface area contributed by atoms with Crippen molar-refractivity contribution in [1.29, 1.82) is 0 Å². The van der Waals surface area contributed by atoms with Crippen LogP contribution < -0.4 is 24.3 Å². The largest absolute Gasteiger partial charge is 0.497 e. The Morgan fingerprint density at radius 2 is 1.35 bits per heavy atom. The van der Waals surface area contributed by atoms with E-state index >= 15 is 0 Å². The van der Waals surface area contributed by atoms with Gasteiger partial charge in [0.1, 0.15) is 27.9 Å². The third-order valence-electron chi connectivity index (χ3n) is 7.72. The predicted octanol–water partition coefficient (Wildman–Crippen LogP) is 7.29. The number of ether oxygens (including phenoxy) is 4. The lowest BCUT2D eigenvalue weighted by Crippen LogP contribution is -2.31. The van der Waals surface area contributed by atoms with E-state index < -0.39 is 10.0 Å². The number of rotatable bonds is 18. The van der Waals surface area contributed by atoms with Gasteiger partial charge in [0.2, 0.25) is 10.0 Å². The van der Waals surface area contributed by atoms with Gasteiger partial charge in [0, 0.05) is 58.7 Å². The van der Waals surface area contributed by atoms with Gasteiger partial charge in [0.05, 0.1) is 33.5 Å². The summed E-state index contributed by atoms with van der Waals surface area (Å²) in [5.74, 6) is 3.02. The van der Waals surface area contributed by atoms with Crippen LogP contribution in [-0.4, -0.2) is 78.5 Å². The first kappa shape index (κ1) is 37.2. The van der Waals surface area contributed by atoms with E-state index in [9.17, 15) is 8.42 Å². The topological polar surface area (TPSA) is 89.6 Å². The van der Waals surface area contributed by atoms with Gasteiger partial charge >= 0.3 is 0 Å². The van der Waals surface area contributed by atoms with E-state index in [4.69, 9.17) is 30.5 Å². The fourth-order valence-electron chi connectivity index (χ4n) is 5.07. The van der Waals surface area contributed by atoms with E-state index in [1.165, 1.54) is 23.4 Å². The lowest BCUT2D eigenvalue weighted by Gasteiger charge is -2.26. The van der Waals surface area contributed by atoms with Crippen LogP contribution in [0.5, 0.6) is 23.0 Å². The number of benzene rings is 4. The fraction of sp³-hybridized carbons (Fsp3) is 0.333. The molecule has 0 aromatic heterocycles. The Balaban J connectivity index is 1.65. The smallest absolute Gasteiger partial charge is 0.245 e. The maximum Gasteiger partial charge on any atom is 0.245 e. The van der Waals surface area contributed by atoms with Crippen molar-refractivity contribution in [3.63, 3.8) is 0 Å². The van der Waals surface area contributed by atoms with E-state index in [-0.39, 0.29) is 29.0 Å². The van der Waals surface area contributed by atoms with Crippen molar-refractivity contribution >= 4 is 39.1 Å². The van der Waals surface area contributed by atoms with Crippen molar-refractivity contribution in [2.75, 3.05) is 60.1 Å². The first-order chi connectivity index (χ1) is 23.1. The summed E-state index contributed by atoms with van der Waals surface area (Å²) in [7, 11) is 6.17. The summed E-state index contributed by atoms with van der Waals surface area (Å²) in [6.45, 7) is 0.903. The predicted molar refractivity (Wildman–Crippen MR) is 195 cm³/mol. The normalized spacial score (nSPS) is 12.2. The van der Waals surface area contributed by atoms with Gasteiger partial charge in [-0.05, 0) is 69.5 Å². The standard InChI is InChI=1S/C36H44ClN3O6S2/c1-39(2)19-18-29(25-47-32-10-8-7-9-11-32)38-28-14-17-36(33(37)20-28)48(41,42)40(23-26-12-15-30(43-3)21-34(26)45-5)24-27-13-16-31(44-4)22-35(27)46-6/h7-17,20-22,29,38H,18-19,23-25H2,1-6H3/t29-/m1/s1. The molecular weight excluding hydrogens is 670 g/mol. The SMILES string of the molecule is COc1ccc(CN(Cc2ccc(OC)cc2OC)S(=O)(=O)c2ccc(N[C@H](CCN(C)C)CSc3ccccc3)cc2Cl)c(OC)c1. The highest BCUT2D eigenvalue weighted by molar-refractivity contribution is 7.99. The van der Waals surface area contributed by atoms with Crippen molar-refractivity contribution in [2.45, 2.75) is 35.3 Å². The molecule has 1 N–H and O–H groups in total. The number of methoxy groups -OCH3 is 4. The van der Waals surface area contributed by atoms with Crippen LogP contribution in [0.4, 0.5) is 5.69 Å². The molecule has 0 saturated carbocycles. The van der Waals surface area contributed by atoms with Crippen molar-refractivity contribution in [2.24, 2.45) is 0 Å². The van der Waals surface area contributed by atoms with Crippen LogP contribution in [0.1, 0.15) is 17.5 Å². The van der Waals surface area contributed by atoms with Gasteiger partial charge in [-0.1, -0.05) is 41.9 Å². The summed E-state index contributed by atoms with van der Waals surface area (Å²) in [5, 5.41) is 3.71. The quantitative estimate of drug-likeness (QED) is 0.107. The van der Waals surface area contributed by atoms with Crippen molar-refractivity contribution in [3.8, 4) is 23.0 Å². The Labute approximate surface area is 294 Å². The number of sulfonamides is 1. The second kappa shape index (κ2) is 17.7. The highest BCUT2D eigenvalue weighted by Gasteiger charge is 2.29. The molecule has 1 atom stereocenters. The molecule has 48 heavy (non-hydrogen) atoms. The Morgan fingerprint density at radius 3 is 1.85 bits per heavy atom. The molecule has 0 saturated heterocycles. The summed E-state index contributed by atoms with van der Waals surface area (Å²) in [4.78, 5) is 3.34. The van der Waals surface area contributed by atoms with Gasteiger partial charge in [-0.25, -0.2) is 8.42 Å². The molecule has 0 fully saturated rings. The summed E-state index contributed by atoms with van der Waals surface area (Å²) in [5.41, 5.74) is 2.06. The molecular formula is C36H44ClN3O6S2. The molecule has 0 unspecified atom stereocenters. The molecule has 0 aliphatic rings. The van der Waals surface area contributed by atoms with Gasteiger partial charge in [-0.3, -0.25) is 0 Å². The number of hydrogen-bond donors (Lipinski definition) is 1. The van der Waals surface area contributed by atoms with Crippen molar-refractivity contribution < 1.29 is 27.4 Å². The molecule has 12 heteroatoms. The molecule has 258 valence electrons. The minimum atomic E-state index is -4.13. The Morgan fingerprint density at radius 1 is 0.771 bits per heavy atom. The number of anilines is 1. The van der Waals surface area contributed by atoms with Crippen LogP contribution in [0.25, 0.3) is 0 Å². The van der Waals surface area contributed by atoms with Crippen molar-refractivity contribution in [1.82, 2.24) is 9.21 Å². The van der Waals surface area contributed by atoms with Gasteiger partial charge in [0.15, 0.2) is 0 Å². The zero-order chi connectivity index (χ0) is 34.7. The average molecular weight is 714 g/mol. The molecule has 0 radical (unpaired) electrons. The first-order valence-corrected chi connectivity index (χ1v) is 18.2. The number of thioether (sulfide) groups is 1. The molecule has 0 aliphatic carbocycles. The minimum Gasteiger partial charge on any atom is -0.497 e. The van der Waals surface area contributed by atoms with Crippen LogP contribution in [-0.2, 0) is 23.1 Å². The van der Waals surface area contributed by atoms with Gasteiger partial charge in [-0.2, -0.15) is 4.31 Å². The number of nitrogens with one attached hydrogen (secondary N) is 1. The maximum atomic E-state index is 14.5. The van der Waals surface area contributed by atoms with Crippen LogP contribution in [0.2, 0.25) is 5.02 Å². The molecule has 0 amide bonds. The average Bonchev–Trinajstić information content (AvgIpc) is 3.09. The second-order valence-electron chi connectivity index (χ2n) is 11.3. The third-order valence-corrected chi connectivity index (χ3v) is 11.2. The van der Waals surface area contributed by atoms with Crippen LogP contribution in [0.3, 0.4) is 0 Å². The number of halogens is 1. The van der Waals surface area contributed by atoms with E-state index in [1.807, 2.05) is 32.3 Å². The third kappa shape index (κ3) is 9.96. The fourth-order valence-corrected chi connectivity index (χ4v) is 7.98. The lowest BCUT2D eigenvalue weighted by atomic mass is 10.1. The Kier molecular flexibility index (Phi) is 13.7. The molecule has 0 heterocycles. The second-order valence-corrected chi connectivity index (χ2v) is 14.7. The van der Waals surface area contributed by atoms with E-state index in [2.05, 4.69) is 22.3 Å². The van der Waals surface area contributed by atoms with E-state index in [0.29, 0.717) is 34.1 Å². The highest BCUT2D eigenvalue weighted by Crippen LogP contribution is 2.34. The highest BCUT2D eigenvalue weighted by atomic mass is 35.5. The molecule has 0 aliphatic heterocycles. The Bertz CT molecular complexity index is 1680. The summed E-state index contributed by atoms with van der Waals surface area (Å²) in [6.07, 6.45) is 0.895. The monoisotopic (exact) mass is 713 g/mol. The van der Waals surface area contributed by atoms with E-state index in [0.717, 1.165) is 24.4 Å². The van der Waals surface area contributed by atoms with Gasteiger partial charge < -0.3 is 29.2 Å².